The number of amides is 1. The highest BCUT2D eigenvalue weighted by Gasteiger charge is 2.14. The second-order valence-corrected chi connectivity index (χ2v) is 5.35. The number of nitrogens with zero attached hydrogens (tertiary/aromatic N) is 2. The molecule has 8 heteroatoms. The number of carboxylic acids is 1. The lowest BCUT2D eigenvalue weighted by Crippen LogP contribution is -2.22. The van der Waals surface area contributed by atoms with Gasteiger partial charge in [-0.3, -0.25) is 4.79 Å². The van der Waals surface area contributed by atoms with E-state index in [0.29, 0.717) is 21.4 Å². The lowest BCUT2D eigenvalue weighted by Gasteiger charge is -2.02. The highest BCUT2D eigenvalue weighted by Crippen LogP contribution is 2.17. The maximum atomic E-state index is 11.8. The van der Waals surface area contributed by atoms with E-state index in [4.69, 9.17) is 16.7 Å². The zero-order chi connectivity index (χ0) is 14.7. The Morgan fingerprint density at radius 3 is 2.75 bits per heavy atom. The Kier molecular flexibility index (Phi) is 4.31. The average Bonchev–Trinajstić information content (AvgIpc) is 2.78. The number of aromatic nitrogens is 2. The van der Waals surface area contributed by atoms with E-state index < -0.39 is 5.97 Å². The van der Waals surface area contributed by atoms with Gasteiger partial charge in [-0.2, -0.15) is 0 Å². The van der Waals surface area contributed by atoms with Crippen LogP contribution >= 0.6 is 22.9 Å². The summed E-state index contributed by atoms with van der Waals surface area (Å²) in [6.07, 6.45) is 1.37. The maximum absolute atomic E-state index is 11.8. The van der Waals surface area contributed by atoms with Gasteiger partial charge in [0, 0.05) is 6.20 Å². The summed E-state index contributed by atoms with van der Waals surface area (Å²) in [5, 5.41) is 12.4. The summed E-state index contributed by atoms with van der Waals surface area (Å²) >= 11 is 6.68. The van der Waals surface area contributed by atoms with Gasteiger partial charge in [0.15, 0.2) is 0 Å². The van der Waals surface area contributed by atoms with E-state index in [1.165, 1.54) is 12.3 Å². The van der Waals surface area contributed by atoms with Crippen LogP contribution in [0.3, 0.4) is 0 Å². The van der Waals surface area contributed by atoms with Crippen LogP contribution in [0, 0.1) is 6.92 Å². The third-order valence-corrected chi connectivity index (χ3v) is 3.79. The lowest BCUT2D eigenvalue weighted by atomic mass is 10.3. The molecule has 0 fully saturated rings. The highest BCUT2D eigenvalue weighted by atomic mass is 35.5. The van der Waals surface area contributed by atoms with Gasteiger partial charge in [0.1, 0.15) is 15.0 Å². The van der Waals surface area contributed by atoms with Crippen LogP contribution in [0.4, 0.5) is 0 Å². The molecule has 0 aromatic carbocycles. The third kappa shape index (κ3) is 3.31. The van der Waals surface area contributed by atoms with Crippen LogP contribution in [0.2, 0.25) is 5.15 Å². The third-order valence-electron chi connectivity index (χ3n) is 2.42. The molecular formula is C12H10ClN3O3S. The predicted molar refractivity (Wildman–Crippen MR) is 74.2 cm³/mol. The Morgan fingerprint density at radius 1 is 1.45 bits per heavy atom. The molecule has 0 aliphatic heterocycles. The second kappa shape index (κ2) is 5.98. The minimum Gasteiger partial charge on any atom is -0.477 e. The van der Waals surface area contributed by atoms with Gasteiger partial charge in [-0.1, -0.05) is 11.6 Å². The van der Waals surface area contributed by atoms with E-state index >= 15 is 0 Å². The molecule has 2 heterocycles. The summed E-state index contributed by atoms with van der Waals surface area (Å²) in [6.45, 7) is 1.79. The molecule has 1 amide bonds. The number of pyridine rings is 1. The number of aryl methyl sites for hydroxylation is 1. The van der Waals surface area contributed by atoms with Crippen molar-refractivity contribution in [1.82, 2.24) is 15.3 Å². The van der Waals surface area contributed by atoms with E-state index in [9.17, 15) is 9.59 Å². The molecule has 0 aliphatic rings. The molecule has 2 rings (SSSR count). The number of hydrogen-bond acceptors (Lipinski definition) is 5. The Bertz CT molecular complexity index is 654. The molecule has 0 saturated heterocycles. The van der Waals surface area contributed by atoms with Crippen LogP contribution < -0.4 is 5.32 Å². The van der Waals surface area contributed by atoms with Gasteiger partial charge >= 0.3 is 5.97 Å². The van der Waals surface area contributed by atoms with Gasteiger partial charge in [-0.15, -0.1) is 11.3 Å². The van der Waals surface area contributed by atoms with Crippen molar-refractivity contribution >= 4 is 34.8 Å². The Balaban J connectivity index is 2.01. The van der Waals surface area contributed by atoms with E-state index in [1.54, 1.807) is 13.0 Å². The zero-order valence-electron chi connectivity index (χ0n) is 10.4. The molecule has 2 aromatic rings. The fraction of sp³-hybridized carbons (Fsp3) is 0.167. The molecule has 0 spiro atoms. The van der Waals surface area contributed by atoms with Crippen LogP contribution in [0.15, 0.2) is 18.3 Å². The van der Waals surface area contributed by atoms with Crippen LogP contribution in [-0.2, 0) is 6.54 Å². The van der Waals surface area contributed by atoms with E-state index in [0.717, 1.165) is 11.3 Å². The monoisotopic (exact) mass is 311 g/mol. The molecule has 104 valence electrons. The Hall–Kier alpha value is -1.99. The zero-order valence-corrected chi connectivity index (χ0v) is 12.0. The van der Waals surface area contributed by atoms with Crippen LogP contribution in [-0.4, -0.2) is 27.0 Å². The SMILES string of the molecule is Cc1nc(CNC(=O)c2ccc(Cl)nc2)sc1C(=O)O. The minimum absolute atomic E-state index is 0.167. The minimum atomic E-state index is -1.01. The van der Waals surface area contributed by atoms with Crippen molar-refractivity contribution in [3.63, 3.8) is 0 Å². The number of nitrogens with one attached hydrogen (secondary N) is 1. The molecule has 0 saturated carbocycles. The summed E-state index contributed by atoms with van der Waals surface area (Å²) in [4.78, 5) is 30.8. The van der Waals surface area contributed by atoms with Crippen molar-refractivity contribution in [2.45, 2.75) is 13.5 Å². The first kappa shape index (κ1) is 14.4. The number of rotatable bonds is 4. The average molecular weight is 312 g/mol. The number of aromatic carboxylic acids is 1. The molecule has 0 bridgehead atoms. The van der Waals surface area contributed by atoms with Gasteiger partial charge in [-0.05, 0) is 19.1 Å². The van der Waals surface area contributed by atoms with Gasteiger partial charge in [-0.25, -0.2) is 14.8 Å². The Labute approximate surface area is 123 Å². The molecule has 0 aliphatic carbocycles. The standard InChI is InChI=1S/C12H10ClN3O3S/c1-6-10(12(18)19)20-9(16-6)5-15-11(17)7-2-3-8(13)14-4-7/h2-4H,5H2,1H3,(H,15,17)(H,18,19). The fourth-order valence-electron chi connectivity index (χ4n) is 1.49. The molecule has 0 radical (unpaired) electrons. The van der Waals surface area contributed by atoms with Crippen molar-refractivity contribution in [3.05, 3.63) is 44.6 Å². The molecule has 2 N–H and O–H groups in total. The molecule has 20 heavy (non-hydrogen) atoms. The first-order valence-corrected chi connectivity index (χ1v) is 6.76. The molecule has 0 atom stereocenters. The normalized spacial score (nSPS) is 10.3. The highest BCUT2D eigenvalue weighted by molar-refractivity contribution is 7.13. The summed E-state index contributed by atoms with van der Waals surface area (Å²) in [6, 6.07) is 3.08. The second-order valence-electron chi connectivity index (χ2n) is 3.88. The first-order chi connectivity index (χ1) is 9.47. The maximum Gasteiger partial charge on any atom is 0.347 e. The first-order valence-electron chi connectivity index (χ1n) is 5.56. The van der Waals surface area contributed by atoms with Crippen LogP contribution in [0.1, 0.15) is 30.7 Å². The van der Waals surface area contributed by atoms with E-state index in [2.05, 4.69) is 15.3 Å². The molecule has 0 unspecified atom stereocenters. The van der Waals surface area contributed by atoms with Crippen molar-refractivity contribution < 1.29 is 14.7 Å². The van der Waals surface area contributed by atoms with Gasteiger partial charge in [0.2, 0.25) is 0 Å². The van der Waals surface area contributed by atoms with Crippen LogP contribution in [0.5, 0.6) is 0 Å². The number of carboxylic acid groups (broad SMARTS) is 1. The predicted octanol–water partition coefficient (Wildman–Crippen LogP) is 2.13. The molecule has 6 nitrogen and oxygen atoms in total. The summed E-state index contributed by atoms with van der Waals surface area (Å²) in [5.41, 5.74) is 0.820. The quantitative estimate of drug-likeness (QED) is 0.844. The van der Waals surface area contributed by atoms with Gasteiger partial charge in [0.05, 0.1) is 17.8 Å². The lowest BCUT2D eigenvalue weighted by molar-refractivity contribution is 0.0701. The Morgan fingerprint density at radius 2 is 2.20 bits per heavy atom. The fourth-order valence-corrected chi connectivity index (χ4v) is 2.45. The van der Waals surface area contributed by atoms with Crippen molar-refractivity contribution in [3.8, 4) is 0 Å². The summed E-state index contributed by atoms with van der Waals surface area (Å²) in [5.74, 6) is -1.33. The largest absolute Gasteiger partial charge is 0.477 e. The van der Waals surface area contributed by atoms with Crippen molar-refractivity contribution in [2.75, 3.05) is 0 Å². The van der Waals surface area contributed by atoms with Gasteiger partial charge < -0.3 is 10.4 Å². The number of hydrogen-bond donors (Lipinski definition) is 2. The smallest absolute Gasteiger partial charge is 0.347 e. The number of carbonyl (C=O) groups excluding carboxylic acids is 1. The van der Waals surface area contributed by atoms with Crippen LogP contribution in [0.25, 0.3) is 0 Å². The molecule has 2 aromatic heterocycles. The van der Waals surface area contributed by atoms with Gasteiger partial charge in [0.25, 0.3) is 5.91 Å². The van der Waals surface area contributed by atoms with Crippen molar-refractivity contribution in [2.24, 2.45) is 0 Å². The van der Waals surface area contributed by atoms with Crippen molar-refractivity contribution in [1.29, 1.82) is 0 Å². The number of carbonyl (C=O) groups is 2. The molecular weight excluding hydrogens is 302 g/mol. The van der Waals surface area contributed by atoms with E-state index in [1.807, 2.05) is 0 Å². The number of thiazole rings is 1. The summed E-state index contributed by atoms with van der Waals surface area (Å²) < 4.78 is 0. The topological polar surface area (TPSA) is 92.2 Å². The summed E-state index contributed by atoms with van der Waals surface area (Å²) in [7, 11) is 0. The number of halogens is 1. The van der Waals surface area contributed by atoms with E-state index in [-0.39, 0.29) is 17.3 Å².